The number of aliphatic carboxylic acids is 1. The van der Waals surface area contributed by atoms with E-state index >= 15 is 0 Å². The first kappa shape index (κ1) is 31.2. The molecule has 0 heterocycles. The molecule has 0 fully saturated rings. The van der Waals surface area contributed by atoms with Crippen LogP contribution < -0.4 is 5.11 Å². The van der Waals surface area contributed by atoms with Crippen LogP contribution in [-0.4, -0.2) is 85.3 Å². The van der Waals surface area contributed by atoms with Crippen LogP contribution in [0.15, 0.2) is 0 Å². The van der Waals surface area contributed by atoms with E-state index in [1.807, 2.05) is 0 Å². The minimum absolute atomic E-state index is 0.230. The molecule has 0 aromatic carbocycles. The summed E-state index contributed by atoms with van der Waals surface area (Å²) in [6.07, 6.45) is -7.85. The third-order valence-electron chi connectivity index (χ3n) is 4.09. The summed E-state index contributed by atoms with van der Waals surface area (Å²) in [4.78, 5) is 10.7. The van der Waals surface area contributed by atoms with Crippen LogP contribution in [0, 0.1) is 0 Å². The highest BCUT2D eigenvalue weighted by Crippen LogP contribution is 2.64. The van der Waals surface area contributed by atoms with E-state index in [0.717, 1.165) is 0 Å². The first-order chi connectivity index (χ1) is 13.8. The van der Waals surface area contributed by atoms with Gasteiger partial charge in [0.1, 0.15) is 5.97 Å². The third kappa shape index (κ3) is 4.04. The predicted octanol–water partition coefficient (Wildman–Crippen LogP) is 3.82. The normalized spacial score (nSPS) is 17.2. The molecule has 0 spiro atoms. The Kier molecular flexibility index (Phi) is 7.22. The first-order valence-electron chi connectivity index (χ1n) is 7.55. The van der Waals surface area contributed by atoms with Gasteiger partial charge in [0.2, 0.25) is 0 Å². The van der Waals surface area contributed by atoms with Crippen LogP contribution >= 0.6 is 0 Å². The van der Waals surface area contributed by atoms with Gasteiger partial charge in [0, 0.05) is 0 Å². The Morgan fingerprint density at radius 3 is 1.00 bits per heavy atom. The Balaban J connectivity index is 7.04. The van der Waals surface area contributed by atoms with Crippen LogP contribution in [0.5, 0.6) is 0 Å². The van der Waals surface area contributed by atoms with Gasteiger partial charge in [-0.05, 0) is 0 Å². The molecule has 0 N–H and O–H groups in total. The number of quaternary nitrogens is 1. The number of hydrogen-bond acceptors (Lipinski definition) is 2. The van der Waals surface area contributed by atoms with Crippen molar-refractivity contribution >= 4 is 5.97 Å². The van der Waals surface area contributed by atoms with Crippen LogP contribution in [0.4, 0.5) is 74.6 Å². The van der Waals surface area contributed by atoms with E-state index in [4.69, 9.17) is 0 Å². The van der Waals surface area contributed by atoms with Crippen molar-refractivity contribution in [3.63, 3.8) is 0 Å². The molecule has 1 atom stereocenters. The molecular weight excluding hydrogens is 525 g/mol. The van der Waals surface area contributed by atoms with Crippen LogP contribution in [-0.2, 0) is 4.79 Å². The molecule has 33 heavy (non-hydrogen) atoms. The van der Waals surface area contributed by atoms with Crippen molar-refractivity contribution in [2.24, 2.45) is 0 Å². The molecule has 0 amide bonds. The molecule has 1 unspecified atom stereocenters. The van der Waals surface area contributed by atoms with Gasteiger partial charge in [-0.25, -0.2) is 0 Å². The van der Waals surface area contributed by atoms with Crippen LogP contribution in [0.2, 0.25) is 0 Å². The summed E-state index contributed by atoms with van der Waals surface area (Å²) >= 11 is 0. The van der Waals surface area contributed by atoms with Gasteiger partial charge in [0.15, 0.2) is 6.04 Å². The number of carbonyl (C=O) groups is 1. The van der Waals surface area contributed by atoms with E-state index < -0.39 is 64.1 Å². The summed E-state index contributed by atoms with van der Waals surface area (Å²) < 4.78 is 222. The van der Waals surface area contributed by atoms with Gasteiger partial charge in [0.25, 0.3) is 0 Å². The number of alkyl halides is 17. The van der Waals surface area contributed by atoms with Crippen molar-refractivity contribution in [2.45, 2.75) is 53.7 Å². The molecule has 198 valence electrons. The minimum atomic E-state index is -8.77. The number of hydrogen-bond donors (Lipinski definition) is 0. The lowest BCUT2D eigenvalue weighted by Gasteiger charge is -2.46. The molecule has 0 aliphatic rings. The number of carbonyl (C=O) groups excluding carboxylic acids is 1. The fraction of sp³-hybridized carbons (Fsp3) is 0.923. The van der Waals surface area contributed by atoms with E-state index in [0.29, 0.717) is 0 Å². The fourth-order valence-electron chi connectivity index (χ4n) is 2.30. The SMILES string of the molecule is C[N+](C)(C)C(C(=O)[O-])C(F)(F)C(F)(F)C(F)(F)C(F)(F)C(F)(F)C(F)(F)C(F)(F)C(F)(F)F. The molecule has 0 aromatic heterocycles. The van der Waals surface area contributed by atoms with Crippen molar-refractivity contribution < 1.29 is 89.0 Å². The summed E-state index contributed by atoms with van der Waals surface area (Å²) in [5, 5.41) is 10.7. The monoisotopic (exact) mass is 535 g/mol. The van der Waals surface area contributed by atoms with E-state index in [2.05, 4.69) is 0 Å². The van der Waals surface area contributed by atoms with Crippen molar-refractivity contribution in [1.82, 2.24) is 0 Å². The summed E-state index contributed by atoms with van der Waals surface area (Å²) in [6, 6.07) is -4.29. The highest BCUT2D eigenvalue weighted by atomic mass is 19.4. The second kappa shape index (κ2) is 7.62. The van der Waals surface area contributed by atoms with Crippen molar-refractivity contribution in [3.05, 3.63) is 0 Å². The minimum Gasteiger partial charge on any atom is -0.544 e. The maximum absolute atomic E-state index is 14.0. The smallest absolute Gasteiger partial charge is 0.460 e. The number of likely N-dealkylation sites (N-methyl/N-ethyl adjacent to an activating group) is 1. The summed E-state index contributed by atoms with van der Waals surface area (Å²) in [7, 11) is 0.689. The van der Waals surface area contributed by atoms with Gasteiger partial charge in [-0.3, -0.25) is 0 Å². The first-order valence-corrected chi connectivity index (χ1v) is 7.55. The maximum Gasteiger partial charge on any atom is 0.460 e. The summed E-state index contributed by atoms with van der Waals surface area (Å²) in [5.74, 6) is -61.5. The lowest BCUT2D eigenvalue weighted by atomic mass is 9.86. The lowest BCUT2D eigenvalue weighted by Crippen LogP contribution is -2.77. The predicted molar refractivity (Wildman–Crippen MR) is 67.5 cm³/mol. The van der Waals surface area contributed by atoms with Gasteiger partial charge >= 0.3 is 47.6 Å². The topological polar surface area (TPSA) is 40.1 Å². The average Bonchev–Trinajstić information content (AvgIpc) is 2.50. The van der Waals surface area contributed by atoms with Gasteiger partial charge in [-0.15, -0.1) is 0 Å². The van der Waals surface area contributed by atoms with Crippen LogP contribution in [0.3, 0.4) is 0 Å². The molecule has 0 rings (SSSR count). The van der Waals surface area contributed by atoms with Gasteiger partial charge in [0.05, 0.1) is 21.1 Å². The van der Waals surface area contributed by atoms with E-state index in [-0.39, 0.29) is 21.1 Å². The molecule has 3 nitrogen and oxygen atoms in total. The molecule has 0 aliphatic carbocycles. The van der Waals surface area contributed by atoms with Crippen LogP contribution in [0.25, 0.3) is 0 Å². The molecule has 0 bridgehead atoms. The molecule has 20 heteroatoms. The number of halogens is 17. The number of carboxylic acids is 1. The van der Waals surface area contributed by atoms with Crippen molar-refractivity contribution in [3.8, 4) is 0 Å². The number of nitrogens with zero attached hydrogens (tertiary/aromatic N) is 1. The highest BCUT2D eigenvalue weighted by Gasteiger charge is 2.96. The Hall–Kier alpha value is -1.76. The van der Waals surface area contributed by atoms with E-state index in [9.17, 15) is 84.5 Å². The number of rotatable bonds is 9. The Labute approximate surface area is 171 Å². The second-order valence-electron chi connectivity index (χ2n) is 7.40. The Morgan fingerprint density at radius 1 is 0.545 bits per heavy atom. The quantitative estimate of drug-likeness (QED) is 0.333. The van der Waals surface area contributed by atoms with Crippen molar-refractivity contribution in [1.29, 1.82) is 0 Å². The molecule has 0 saturated carbocycles. The standard InChI is InChI=1S/C13H10F17NO2/c1-31(2,3)4(5(32)33)6(14,15)7(16,17)8(18,19)9(20,21)10(22,23)11(24,25)12(26,27)13(28,29)30/h4H,1-3H3. The van der Waals surface area contributed by atoms with Gasteiger partial charge < -0.3 is 14.4 Å². The van der Waals surface area contributed by atoms with Crippen molar-refractivity contribution in [2.75, 3.05) is 21.1 Å². The van der Waals surface area contributed by atoms with E-state index in [1.165, 1.54) is 0 Å². The zero-order chi connectivity index (χ0) is 27.7. The third-order valence-corrected chi connectivity index (χ3v) is 4.09. The molecule has 0 aromatic rings. The zero-order valence-electron chi connectivity index (χ0n) is 15.8. The molecule has 0 saturated heterocycles. The zero-order valence-corrected chi connectivity index (χ0v) is 15.8. The Morgan fingerprint density at radius 2 is 0.788 bits per heavy atom. The lowest BCUT2D eigenvalue weighted by molar-refractivity contribution is -0.900. The maximum atomic E-state index is 14.0. The fourth-order valence-corrected chi connectivity index (χ4v) is 2.30. The van der Waals surface area contributed by atoms with Crippen LogP contribution in [0.1, 0.15) is 0 Å². The second-order valence-corrected chi connectivity index (χ2v) is 7.40. The van der Waals surface area contributed by atoms with E-state index in [1.54, 1.807) is 0 Å². The largest absolute Gasteiger partial charge is 0.544 e. The van der Waals surface area contributed by atoms with Gasteiger partial charge in [-0.2, -0.15) is 74.6 Å². The number of carboxylic acid groups (broad SMARTS) is 1. The highest BCUT2D eigenvalue weighted by molar-refractivity contribution is 5.71. The Bertz CT molecular complexity index is 749. The molecular formula is C13H10F17NO2. The van der Waals surface area contributed by atoms with Gasteiger partial charge in [-0.1, -0.05) is 0 Å². The summed E-state index contributed by atoms with van der Waals surface area (Å²) in [5.41, 5.74) is 0. The average molecular weight is 535 g/mol. The summed E-state index contributed by atoms with van der Waals surface area (Å²) in [6.45, 7) is 0. The molecule has 0 radical (unpaired) electrons. The molecule has 0 aliphatic heterocycles.